The van der Waals surface area contributed by atoms with Crippen molar-refractivity contribution in [1.29, 1.82) is 0 Å². The van der Waals surface area contributed by atoms with Crippen LogP contribution in [0.5, 0.6) is 0 Å². The minimum atomic E-state index is 0.517. The minimum Gasteiger partial charge on any atom is -0.379 e. The van der Waals surface area contributed by atoms with Gasteiger partial charge < -0.3 is 5.32 Å². The van der Waals surface area contributed by atoms with Crippen LogP contribution in [0.4, 0.5) is 5.69 Å². The zero-order chi connectivity index (χ0) is 11.2. The summed E-state index contributed by atoms with van der Waals surface area (Å²) in [4.78, 5) is 0. The maximum Gasteiger partial charge on any atom is 0.0444 e. The monoisotopic (exact) mass is 215 g/mol. The molecule has 16 heavy (non-hydrogen) atoms. The van der Waals surface area contributed by atoms with E-state index in [2.05, 4.69) is 48.7 Å². The van der Waals surface area contributed by atoms with Crippen molar-refractivity contribution >= 4 is 5.69 Å². The maximum atomic E-state index is 3.59. The van der Waals surface area contributed by atoms with Crippen molar-refractivity contribution in [2.45, 2.75) is 45.1 Å². The van der Waals surface area contributed by atoms with E-state index in [1.807, 2.05) is 0 Å². The summed E-state index contributed by atoms with van der Waals surface area (Å²) in [5.41, 5.74) is 2.56. The molecular formula is C15H21N. The number of allylic oxidation sites excluding steroid dienone is 1. The molecule has 0 heterocycles. The van der Waals surface area contributed by atoms with Gasteiger partial charge in [0.1, 0.15) is 0 Å². The molecule has 0 amide bonds. The highest BCUT2D eigenvalue weighted by Crippen LogP contribution is 2.16. The highest BCUT2D eigenvalue weighted by molar-refractivity contribution is 5.46. The Hall–Kier alpha value is -1.24. The van der Waals surface area contributed by atoms with E-state index in [1.54, 1.807) is 0 Å². The van der Waals surface area contributed by atoms with Gasteiger partial charge >= 0.3 is 0 Å². The Kier molecular flexibility index (Phi) is 4.03. The van der Waals surface area contributed by atoms with E-state index in [0.29, 0.717) is 6.04 Å². The molecule has 1 unspecified atom stereocenters. The molecule has 0 saturated heterocycles. The second-order valence-corrected chi connectivity index (χ2v) is 4.68. The first-order chi connectivity index (χ1) is 7.84. The smallest absolute Gasteiger partial charge is 0.0444 e. The third-order valence-electron chi connectivity index (χ3n) is 3.16. The largest absolute Gasteiger partial charge is 0.379 e. The predicted octanol–water partition coefficient (Wildman–Crippen LogP) is 4.30. The van der Waals surface area contributed by atoms with Crippen LogP contribution in [0.15, 0.2) is 36.4 Å². The normalized spacial score (nSPS) is 23.2. The number of benzene rings is 1. The van der Waals surface area contributed by atoms with Gasteiger partial charge in [-0.25, -0.2) is 0 Å². The summed E-state index contributed by atoms with van der Waals surface area (Å²) in [6.45, 7) is 2.12. The zero-order valence-electron chi connectivity index (χ0n) is 10.1. The van der Waals surface area contributed by atoms with Gasteiger partial charge in [0.05, 0.1) is 0 Å². The van der Waals surface area contributed by atoms with Crippen molar-refractivity contribution in [2.75, 3.05) is 5.32 Å². The van der Waals surface area contributed by atoms with E-state index < -0.39 is 0 Å². The first-order valence-corrected chi connectivity index (χ1v) is 6.34. The second kappa shape index (κ2) is 5.74. The maximum absolute atomic E-state index is 3.59. The molecule has 1 aromatic carbocycles. The van der Waals surface area contributed by atoms with E-state index >= 15 is 0 Å². The molecule has 0 bridgehead atoms. The number of aryl methyl sites for hydroxylation is 1. The summed E-state index contributed by atoms with van der Waals surface area (Å²) in [5.74, 6) is 0. The molecular weight excluding hydrogens is 194 g/mol. The first-order valence-electron chi connectivity index (χ1n) is 6.34. The number of rotatable bonds is 2. The van der Waals surface area contributed by atoms with Crippen LogP contribution in [-0.4, -0.2) is 6.04 Å². The Morgan fingerprint density at radius 2 is 1.88 bits per heavy atom. The Bertz CT molecular complexity index is 337. The quantitative estimate of drug-likeness (QED) is 0.725. The fraction of sp³-hybridized carbons (Fsp3) is 0.467. The average molecular weight is 215 g/mol. The third-order valence-corrected chi connectivity index (χ3v) is 3.16. The molecule has 1 aliphatic rings. The highest BCUT2D eigenvalue weighted by Gasteiger charge is 2.06. The molecule has 0 fully saturated rings. The fourth-order valence-electron chi connectivity index (χ4n) is 2.14. The molecule has 1 nitrogen and oxygen atoms in total. The van der Waals surface area contributed by atoms with Crippen LogP contribution in [0.1, 0.15) is 37.7 Å². The number of nitrogens with one attached hydrogen (secondary N) is 1. The SMILES string of the molecule is Cc1ccc(NC2/C=C\CCCCC2)cc1. The van der Waals surface area contributed by atoms with Gasteiger partial charge in [-0.1, -0.05) is 42.7 Å². The van der Waals surface area contributed by atoms with Crippen LogP contribution < -0.4 is 5.32 Å². The van der Waals surface area contributed by atoms with Gasteiger partial charge in [0.15, 0.2) is 0 Å². The summed E-state index contributed by atoms with van der Waals surface area (Å²) in [7, 11) is 0. The number of hydrogen-bond donors (Lipinski definition) is 1. The topological polar surface area (TPSA) is 12.0 Å². The number of anilines is 1. The lowest BCUT2D eigenvalue weighted by Crippen LogP contribution is -2.17. The summed E-state index contributed by atoms with van der Waals surface area (Å²) < 4.78 is 0. The molecule has 0 saturated carbocycles. The van der Waals surface area contributed by atoms with E-state index in [9.17, 15) is 0 Å². The predicted molar refractivity (Wildman–Crippen MR) is 70.8 cm³/mol. The summed E-state index contributed by atoms with van der Waals surface area (Å²) in [6, 6.07) is 9.18. The van der Waals surface area contributed by atoms with Gasteiger partial charge in [-0.05, 0) is 38.3 Å². The number of hydrogen-bond acceptors (Lipinski definition) is 1. The standard InChI is InChI=1S/C15H21N/c1-13-9-11-15(12-10-13)16-14-7-5-3-2-4-6-8-14/h5,7,9-12,14,16H,2-4,6,8H2,1H3/b7-5-. The average Bonchev–Trinajstić information content (AvgIpc) is 2.25. The molecule has 0 aliphatic heterocycles. The van der Waals surface area contributed by atoms with Gasteiger partial charge in [0.2, 0.25) is 0 Å². The Morgan fingerprint density at radius 3 is 2.69 bits per heavy atom. The second-order valence-electron chi connectivity index (χ2n) is 4.68. The van der Waals surface area contributed by atoms with Crippen LogP contribution in [0.25, 0.3) is 0 Å². The van der Waals surface area contributed by atoms with Crippen molar-refractivity contribution in [3.05, 3.63) is 42.0 Å². The summed E-state index contributed by atoms with van der Waals surface area (Å²) >= 11 is 0. The Labute approximate surface area is 98.6 Å². The van der Waals surface area contributed by atoms with E-state index in [-0.39, 0.29) is 0 Å². The Morgan fingerprint density at radius 1 is 1.06 bits per heavy atom. The van der Waals surface area contributed by atoms with Crippen molar-refractivity contribution < 1.29 is 0 Å². The summed E-state index contributed by atoms with van der Waals surface area (Å²) in [6.07, 6.45) is 11.2. The van der Waals surface area contributed by atoms with E-state index in [1.165, 1.54) is 43.4 Å². The highest BCUT2D eigenvalue weighted by atomic mass is 14.9. The lowest BCUT2D eigenvalue weighted by molar-refractivity contribution is 0.610. The van der Waals surface area contributed by atoms with Crippen LogP contribution in [0, 0.1) is 6.92 Å². The van der Waals surface area contributed by atoms with Crippen LogP contribution in [-0.2, 0) is 0 Å². The Balaban J connectivity index is 1.96. The lowest BCUT2D eigenvalue weighted by atomic mass is 10.0. The molecule has 86 valence electrons. The van der Waals surface area contributed by atoms with Gasteiger partial charge in [0.25, 0.3) is 0 Å². The van der Waals surface area contributed by atoms with Crippen LogP contribution in [0.2, 0.25) is 0 Å². The molecule has 0 spiro atoms. The summed E-state index contributed by atoms with van der Waals surface area (Å²) in [5, 5.41) is 3.59. The van der Waals surface area contributed by atoms with Crippen LogP contribution >= 0.6 is 0 Å². The fourth-order valence-corrected chi connectivity index (χ4v) is 2.14. The van der Waals surface area contributed by atoms with Gasteiger partial charge in [-0.15, -0.1) is 0 Å². The van der Waals surface area contributed by atoms with Crippen molar-refractivity contribution in [3.63, 3.8) is 0 Å². The van der Waals surface area contributed by atoms with E-state index in [0.717, 1.165) is 0 Å². The molecule has 0 radical (unpaired) electrons. The molecule has 1 aliphatic carbocycles. The van der Waals surface area contributed by atoms with Crippen molar-refractivity contribution in [2.24, 2.45) is 0 Å². The molecule has 1 aromatic rings. The van der Waals surface area contributed by atoms with Crippen LogP contribution in [0.3, 0.4) is 0 Å². The molecule has 1 atom stereocenters. The van der Waals surface area contributed by atoms with Gasteiger partial charge in [-0.2, -0.15) is 0 Å². The van der Waals surface area contributed by atoms with E-state index in [4.69, 9.17) is 0 Å². The van der Waals surface area contributed by atoms with Gasteiger partial charge in [0, 0.05) is 11.7 Å². The van der Waals surface area contributed by atoms with Gasteiger partial charge in [-0.3, -0.25) is 0 Å². The zero-order valence-corrected chi connectivity index (χ0v) is 10.1. The minimum absolute atomic E-state index is 0.517. The molecule has 0 aromatic heterocycles. The molecule has 1 N–H and O–H groups in total. The van der Waals surface area contributed by atoms with Crippen molar-refractivity contribution in [3.8, 4) is 0 Å². The van der Waals surface area contributed by atoms with Crippen molar-refractivity contribution in [1.82, 2.24) is 0 Å². The molecule has 2 rings (SSSR count). The molecule has 1 heteroatoms. The third kappa shape index (κ3) is 3.41. The lowest BCUT2D eigenvalue weighted by Gasteiger charge is -2.18. The first kappa shape index (κ1) is 11.3.